The Morgan fingerprint density at radius 3 is 2.50 bits per heavy atom. The maximum Gasteiger partial charge on any atom is 0.0563 e. The molecule has 0 aromatic carbocycles. The van der Waals surface area contributed by atoms with Gasteiger partial charge in [-0.05, 0) is 24.7 Å². The van der Waals surface area contributed by atoms with E-state index in [-0.39, 0.29) is 0 Å². The lowest BCUT2D eigenvalue weighted by atomic mass is 9.83. The summed E-state index contributed by atoms with van der Waals surface area (Å²) in [4.78, 5) is 0. The van der Waals surface area contributed by atoms with Gasteiger partial charge in [0.1, 0.15) is 0 Å². The van der Waals surface area contributed by atoms with Crippen LogP contribution in [-0.2, 0) is 4.74 Å². The molecule has 0 heterocycles. The van der Waals surface area contributed by atoms with Crippen LogP contribution in [0.3, 0.4) is 0 Å². The molecule has 1 aliphatic rings. The zero-order chi connectivity index (χ0) is 8.81. The average molecular weight is 235 g/mol. The Morgan fingerprint density at radius 2 is 1.92 bits per heavy atom. The minimum absolute atomic E-state index is 0.847. The summed E-state index contributed by atoms with van der Waals surface area (Å²) in [5.41, 5.74) is 0. The fraction of sp³-hybridized carbons (Fsp3) is 1.00. The van der Waals surface area contributed by atoms with Crippen molar-refractivity contribution in [2.24, 2.45) is 11.8 Å². The first-order valence-electron chi connectivity index (χ1n) is 4.96. The maximum atomic E-state index is 5.51. The van der Waals surface area contributed by atoms with Gasteiger partial charge in [-0.3, -0.25) is 0 Å². The Labute approximate surface area is 84.0 Å². The molecule has 0 unspecified atom stereocenters. The van der Waals surface area contributed by atoms with Crippen LogP contribution in [0.25, 0.3) is 0 Å². The molecule has 12 heavy (non-hydrogen) atoms. The Bertz CT molecular complexity index is 108. The first-order chi connectivity index (χ1) is 5.83. The first-order valence-corrected chi connectivity index (χ1v) is 6.08. The molecule has 0 atom stereocenters. The summed E-state index contributed by atoms with van der Waals surface area (Å²) >= 11 is 3.36. The molecule has 0 aromatic heterocycles. The van der Waals surface area contributed by atoms with Crippen LogP contribution < -0.4 is 0 Å². The zero-order valence-electron chi connectivity index (χ0n) is 7.89. The van der Waals surface area contributed by atoms with Gasteiger partial charge in [0.2, 0.25) is 0 Å². The molecule has 0 N–H and O–H groups in total. The minimum Gasteiger partial charge on any atom is -0.380 e. The second kappa shape index (κ2) is 5.98. The molecule has 0 amide bonds. The first kappa shape index (κ1) is 10.5. The molecule has 0 saturated heterocycles. The van der Waals surface area contributed by atoms with Gasteiger partial charge in [-0.15, -0.1) is 0 Å². The van der Waals surface area contributed by atoms with Crippen molar-refractivity contribution in [3.8, 4) is 0 Å². The van der Waals surface area contributed by atoms with E-state index >= 15 is 0 Å². The van der Waals surface area contributed by atoms with E-state index in [4.69, 9.17) is 4.74 Å². The largest absolute Gasteiger partial charge is 0.380 e. The van der Waals surface area contributed by atoms with E-state index in [9.17, 15) is 0 Å². The molecule has 1 rings (SSSR count). The lowest BCUT2D eigenvalue weighted by molar-refractivity contribution is 0.0902. The Morgan fingerprint density at radius 1 is 1.25 bits per heavy atom. The van der Waals surface area contributed by atoms with Crippen LogP contribution in [0.5, 0.6) is 0 Å². The van der Waals surface area contributed by atoms with Gasteiger partial charge in [0.05, 0.1) is 6.61 Å². The van der Waals surface area contributed by atoms with Crippen LogP contribution in [-0.4, -0.2) is 18.5 Å². The molecule has 1 nitrogen and oxygen atoms in total. The summed E-state index contributed by atoms with van der Waals surface area (Å²) in [6.07, 6.45) is 5.57. The third kappa shape index (κ3) is 3.90. The lowest BCUT2D eigenvalue weighted by Crippen LogP contribution is -2.17. The fourth-order valence-electron chi connectivity index (χ4n) is 1.80. The van der Waals surface area contributed by atoms with Gasteiger partial charge in [-0.2, -0.15) is 0 Å². The molecular formula is C10H19BrO. The van der Waals surface area contributed by atoms with Crippen LogP contribution in [0, 0.1) is 11.8 Å². The molecule has 0 bridgehead atoms. The smallest absolute Gasteiger partial charge is 0.0563 e. The second-order valence-corrected chi connectivity index (χ2v) is 4.68. The molecule has 0 aromatic rings. The predicted molar refractivity (Wildman–Crippen MR) is 55.7 cm³/mol. The van der Waals surface area contributed by atoms with E-state index in [1.807, 2.05) is 0 Å². The summed E-state index contributed by atoms with van der Waals surface area (Å²) in [6, 6.07) is 0. The van der Waals surface area contributed by atoms with Gasteiger partial charge in [0, 0.05) is 11.9 Å². The Balaban J connectivity index is 2.01. The zero-order valence-corrected chi connectivity index (χ0v) is 9.48. The highest BCUT2D eigenvalue weighted by molar-refractivity contribution is 9.09. The van der Waals surface area contributed by atoms with Crippen LogP contribution >= 0.6 is 15.9 Å². The van der Waals surface area contributed by atoms with Gasteiger partial charge in [-0.1, -0.05) is 35.7 Å². The summed E-state index contributed by atoms with van der Waals surface area (Å²) in [6.45, 7) is 4.21. The standard InChI is InChI=1S/C10H19BrO/c1-9-2-4-10(5-3-9)8-12-7-6-11/h9-10H,2-8H2,1H3. The van der Waals surface area contributed by atoms with Crippen molar-refractivity contribution in [1.82, 2.24) is 0 Å². The van der Waals surface area contributed by atoms with Gasteiger partial charge in [-0.25, -0.2) is 0 Å². The predicted octanol–water partition coefficient (Wildman–Crippen LogP) is 3.22. The van der Waals surface area contributed by atoms with Crippen molar-refractivity contribution in [2.75, 3.05) is 18.5 Å². The van der Waals surface area contributed by atoms with Crippen molar-refractivity contribution in [3.63, 3.8) is 0 Å². The molecule has 2 heteroatoms. The van der Waals surface area contributed by atoms with Gasteiger partial charge in [0.15, 0.2) is 0 Å². The number of hydrogen-bond acceptors (Lipinski definition) is 1. The SMILES string of the molecule is CC1CCC(COCCBr)CC1. The van der Waals surface area contributed by atoms with E-state index in [2.05, 4.69) is 22.9 Å². The van der Waals surface area contributed by atoms with Crippen molar-refractivity contribution in [3.05, 3.63) is 0 Å². The highest BCUT2D eigenvalue weighted by atomic mass is 79.9. The van der Waals surface area contributed by atoms with Crippen molar-refractivity contribution >= 4 is 15.9 Å². The molecule has 72 valence electrons. The topological polar surface area (TPSA) is 9.23 Å². The van der Waals surface area contributed by atoms with E-state index in [1.165, 1.54) is 25.7 Å². The average Bonchev–Trinajstić information content (AvgIpc) is 2.09. The normalized spacial score (nSPS) is 30.5. The van der Waals surface area contributed by atoms with Gasteiger partial charge in [0.25, 0.3) is 0 Å². The molecule has 1 fully saturated rings. The summed E-state index contributed by atoms with van der Waals surface area (Å²) in [5, 5.41) is 0.968. The summed E-state index contributed by atoms with van der Waals surface area (Å²) in [7, 11) is 0. The number of rotatable bonds is 4. The van der Waals surface area contributed by atoms with Gasteiger partial charge < -0.3 is 4.74 Å². The van der Waals surface area contributed by atoms with Crippen LogP contribution in [0.4, 0.5) is 0 Å². The highest BCUT2D eigenvalue weighted by Gasteiger charge is 2.17. The second-order valence-electron chi connectivity index (χ2n) is 3.89. The van der Waals surface area contributed by atoms with E-state index in [0.717, 1.165) is 30.4 Å². The fourth-order valence-corrected chi connectivity index (χ4v) is 2.03. The molecule has 0 spiro atoms. The number of halogens is 1. The number of ether oxygens (including phenoxy) is 1. The quantitative estimate of drug-likeness (QED) is 0.537. The minimum atomic E-state index is 0.847. The van der Waals surface area contributed by atoms with Gasteiger partial charge >= 0.3 is 0 Å². The number of hydrogen-bond donors (Lipinski definition) is 0. The van der Waals surface area contributed by atoms with Crippen LogP contribution in [0.15, 0.2) is 0 Å². The van der Waals surface area contributed by atoms with Crippen molar-refractivity contribution < 1.29 is 4.74 Å². The van der Waals surface area contributed by atoms with E-state index < -0.39 is 0 Å². The summed E-state index contributed by atoms with van der Waals surface area (Å²) < 4.78 is 5.51. The van der Waals surface area contributed by atoms with Crippen molar-refractivity contribution in [2.45, 2.75) is 32.6 Å². The Kier molecular flexibility index (Phi) is 5.24. The maximum absolute atomic E-state index is 5.51. The van der Waals surface area contributed by atoms with E-state index in [1.54, 1.807) is 0 Å². The molecule has 0 radical (unpaired) electrons. The molecule has 1 aliphatic carbocycles. The third-order valence-corrected chi connectivity index (χ3v) is 3.03. The van der Waals surface area contributed by atoms with Crippen LogP contribution in [0.1, 0.15) is 32.6 Å². The monoisotopic (exact) mass is 234 g/mol. The molecule has 0 aliphatic heterocycles. The lowest BCUT2D eigenvalue weighted by Gasteiger charge is -2.25. The molecular weight excluding hydrogens is 216 g/mol. The van der Waals surface area contributed by atoms with Crippen LogP contribution in [0.2, 0.25) is 0 Å². The third-order valence-electron chi connectivity index (χ3n) is 2.71. The Hall–Kier alpha value is 0.440. The highest BCUT2D eigenvalue weighted by Crippen LogP contribution is 2.28. The van der Waals surface area contributed by atoms with E-state index in [0.29, 0.717) is 0 Å². The molecule has 1 saturated carbocycles. The summed E-state index contributed by atoms with van der Waals surface area (Å²) in [5.74, 6) is 1.80. The number of alkyl halides is 1. The van der Waals surface area contributed by atoms with Crippen molar-refractivity contribution in [1.29, 1.82) is 0 Å².